The summed E-state index contributed by atoms with van der Waals surface area (Å²) in [6.07, 6.45) is 1.85. The van der Waals surface area contributed by atoms with Crippen molar-refractivity contribution in [3.8, 4) is 11.3 Å². The smallest absolute Gasteiger partial charge is 0.229 e. The van der Waals surface area contributed by atoms with Gasteiger partial charge in [0.2, 0.25) is 5.91 Å². The standard InChI is InChI=1S/C13H10F2N2OS/c14-9-4-3-8(5-10(9)15)11-6-19-13(16-11)17-12(18)7-1-2-7/h3-7H,1-2H2,(H,16,17,18). The number of carbonyl (C=O) groups excluding carboxylic acids is 1. The maximum absolute atomic E-state index is 13.1. The molecular formula is C13H10F2N2OS. The molecule has 3 nitrogen and oxygen atoms in total. The van der Waals surface area contributed by atoms with Crippen LogP contribution in [0.5, 0.6) is 0 Å². The van der Waals surface area contributed by atoms with Crippen LogP contribution in [0.4, 0.5) is 13.9 Å². The average molecular weight is 280 g/mol. The van der Waals surface area contributed by atoms with Crippen molar-refractivity contribution in [2.75, 3.05) is 5.32 Å². The molecule has 1 amide bonds. The van der Waals surface area contributed by atoms with Crippen LogP contribution in [0.25, 0.3) is 11.3 Å². The second kappa shape index (κ2) is 4.70. The fourth-order valence-electron chi connectivity index (χ4n) is 1.67. The Morgan fingerprint density at radius 1 is 1.32 bits per heavy atom. The molecular weight excluding hydrogens is 270 g/mol. The minimum absolute atomic E-state index is 0.0220. The zero-order valence-corrected chi connectivity index (χ0v) is 10.6. The molecule has 0 atom stereocenters. The average Bonchev–Trinajstić information content (AvgIpc) is 3.14. The predicted molar refractivity (Wildman–Crippen MR) is 68.8 cm³/mol. The highest BCUT2D eigenvalue weighted by atomic mass is 32.1. The van der Waals surface area contributed by atoms with Crippen molar-refractivity contribution in [3.63, 3.8) is 0 Å². The molecule has 1 aliphatic rings. The molecule has 0 bridgehead atoms. The summed E-state index contributed by atoms with van der Waals surface area (Å²) in [6, 6.07) is 3.61. The lowest BCUT2D eigenvalue weighted by Crippen LogP contribution is -2.12. The van der Waals surface area contributed by atoms with Crippen LogP contribution >= 0.6 is 11.3 Å². The number of aromatic nitrogens is 1. The van der Waals surface area contributed by atoms with E-state index in [1.165, 1.54) is 17.4 Å². The summed E-state index contributed by atoms with van der Waals surface area (Å²) < 4.78 is 26.0. The van der Waals surface area contributed by atoms with E-state index in [0.717, 1.165) is 25.0 Å². The van der Waals surface area contributed by atoms with Gasteiger partial charge in [0, 0.05) is 16.9 Å². The second-order valence-electron chi connectivity index (χ2n) is 4.43. The molecule has 1 fully saturated rings. The summed E-state index contributed by atoms with van der Waals surface area (Å²) >= 11 is 1.27. The topological polar surface area (TPSA) is 42.0 Å². The zero-order valence-electron chi connectivity index (χ0n) is 9.82. The molecule has 19 heavy (non-hydrogen) atoms. The van der Waals surface area contributed by atoms with Crippen molar-refractivity contribution in [3.05, 3.63) is 35.2 Å². The Morgan fingerprint density at radius 2 is 2.11 bits per heavy atom. The van der Waals surface area contributed by atoms with Gasteiger partial charge in [-0.2, -0.15) is 0 Å². The summed E-state index contributed by atoms with van der Waals surface area (Å²) in [5.74, 6) is -1.71. The SMILES string of the molecule is O=C(Nc1nc(-c2ccc(F)c(F)c2)cs1)C1CC1. The van der Waals surface area contributed by atoms with Crippen LogP contribution in [-0.4, -0.2) is 10.9 Å². The number of amides is 1. The number of halogens is 2. The third-order valence-electron chi connectivity index (χ3n) is 2.90. The normalized spacial score (nSPS) is 14.4. The Kier molecular flexibility index (Phi) is 3.02. The van der Waals surface area contributed by atoms with E-state index in [0.29, 0.717) is 16.4 Å². The van der Waals surface area contributed by atoms with Crippen LogP contribution in [0.2, 0.25) is 0 Å². The molecule has 3 rings (SSSR count). The van der Waals surface area contributed by atoms with Gasteiger partial charge in [-0.25, -0.2) is 13.8 Å². The van der Waals surface area contributed by atoms with Crippen molar-refractivity contribution in [1.29, 1.82) is 0 Å². The van der Waals surface area contributed by atoms with Gasteiger partial charge in [-0.3, -0.25) is 4.79 Å². The van der Waals surface area contributed by atoms with E-state index in [-0.39, 0.29) is 11.8 Å². The van der Waals surface area contributed by atoms with Gasteiger partial charge in [0.1, 0.15) is 0 Å². The van der Waals surface area contributed by atoms with Crippen LogP contribution in [0.3, 0.4) is 0 Å². The maximum Gasteiger partial charge on any atom is 0.229 e. The van der Waals surface area contributed by atoms with Gasteiger partial charge in [-0.05, 0) is 31.0 Å². The minimum Gasteiger partial charge on any atom is -0.302 e. The summed E-state index contributed by atoms with van der Waals surface area (Å²) in [7, 11) is 0. The first-order valence-electron chi connectivity index (χ1n) is 5.85. The molecule has 0 unspecified atom stereocenters. The number of nitrogens with zero attached hydrogens (tertiary/aromatic N) is 1. The molecule has 6 heteroatoms. The molecule has 2 aromatic rings. The Labute approximate surface area is 112 Å². The lowest BCUT2D eigenvalue weighted by molar-refractivity contribution is -0.117. The quantitative estimate of drug-likeness (QED) is 0.935. The van der Waals surface area contributed by atoms with Crippen LogP contribution < -0.4 is 5.32 Å². The van der Waals surface area contributed by atoms with Gasteiger partial charge in [0.05, 0.1) is 5.69 Å². The first-order valence-corrected chi connectivity index (χ1v) is 6.73. The van der Waals surface area contributed by atoms with Gasteiger partial charge in [0.25, 0.3) is 0 Å². The molecule has 1 aromatic carbocycles. The highest BCUT2D eigenvalue weighted by Crippen LogP contribution is 2.31. The lowest BCUT2D eigenvalue weighted by atomic mass is 10.2. The molecule has 0 radical (unpaired) electrons. The minimum atomic E-state index is -0.908. The van der Waals surface area contributed by atoms with Crippen LogP contribution in [-0.2, 0) is 4.79 Å². The fourth-order valence-corrected chi connectivity index (χ4v) is 2.39. The first-order chi connectivity index (χ1) is 9.13. The number of benzene rings is 1. The van der Waals surface area contributed by atoms with Gasteiger partial charge in [-0.15, -0.1) is 11.3 Å². The molecule has 98 valence electrons. The molecule has 1 aliphatic carbocycles. The molecule has 1 heterocycles. The van der Waals surface area contributed by atoms with E-state index in [1.807, 2.05) is 0 Å². The van der Waals surface area contributed by atoms with Gasteiger partial charge in [0.15, 0.2) is 16.8 Å². The number of hydrogen-bond acceptors (Lipinski definition) is 3. The largest absolute Gasteiger partial charge is 0.302 e. The van der Waals surface area contributed by atoms with E-state index in [1.54, 1.807) is 5.38 Å². The monoisotopic (exact) mass is 280 g/mol. The van der Waals surface area contributed by atoms with Crippen molar-refractivity contribution in [2.45, 2.75) is 12.8 Å². The number of hydrogen-bond donors (Lipinski definition) is 1. The van der Waals surface area contributed by atoms with E-state index >= 15 is 0 Å². The Bertz CT molecular complexity index is 637. The zero-order chi connectivity index (χ0) is 13.4. The van der Waals surface area contributed by atoms with Crippen molar-refractivity contribution in [1.82, 2.24) is 4.98 Å². The number of carbonyl (C=O) groups is 1. The second-order valence-corrected chi connectivity index (χ2v) is 5.29. The lowest BCUT2D eigenvalue weighted by Gasteiger charge is -1.99. The van der Waals surface area contributed by atoms with E-state index in [4.69, 9.17) is 0 Å². The Hall–Kier alpha value is -1.82. The molecule has 0 spiro atoms. The fraction of sp³-hybridized carbons (Fsp3) is 0.231. The summed E-state index contributed by atoms with van der Waals surface area (Å²) in [6.45, 7) is 0. The summed E-state index contributed by atoms with van der Waals surface area (Å²) in [5.41, 5.74) is 1.01. The van der Waals surface area contributed by atoms with Crippen molar-refractivity contribution < 1.29 is 13.6 Å². The van der Waals surface area contributed by atoms with Crippen LogP contribution in [0.1, 0.15) is 12.8 Å². The van der Waals surface area contributed by atoms with Gasteiger partial charge >= 0.3 is 0 Å². The maximum atomic E-state index is 13.1. The molecule has 1 N–H and O–H groups in total. The van der Waals surface area contributed by atoms with Crippen LogP contribution in [0, 0.1) is 17.6 Å². The molecule has 1 saturated carbocycles. The summed E-state index contributed by atoms with van der Waals surface area (Å²) in [4.78, 5) is 15.8. The van der Waals surface area contributed by atoms with Crippen molar-refractivity contribution >= 4 is 22.4 Å². The van der Waals surface area contributed by atoms with E-state index < -0.39 is 11.6 Å². The first kappa shape index (κ1) is 12.2. The van der Waals surface area contributed by atoms with E-state index in [9.17, 15) is 13.6 Å². The van der Waals surface area contributed by atoms with Crippen molar-refractivity contribution in [2.24, 2.45) is 5.92 Å². The third-order valence-corrected chi connectivity index (χ3v) is 3.66. The summed E-state index contributed by atoms with van der Waals surface area (Å²) in [5, 5.41) is 4.91. The molecule has 1 aromatic heterocycles. The van der Waals surface area contributed by atoms with E-state index in [2.05, 4.69) is 10.3 Å². The highest BCUT2D eigenvalue weighted by molar-refractivity contribution is 7.14. The Balaban J connectivity index is 1.79. The number of anilines is 1. The predicted octanol–water partition coefficient (Wildman–Crippen LogP) is 3.44. The Morgan fingerprint density at radius 3 is 2.79 bits per heavy atom. The van der Waals surface area contributed by atoms with Crippen LogP contribution in [0.15, 0.2) is 23.6 Å². The number of nitrogens with one attached hydrogen (secondary N) is 1. The number of thiazole rings is 1. The molecule has 0 aliphatic heterocycles. The van der Waals surface area contributed by atoms with Gasteiger partial charge in [-0.1, -0.05) is 0 Å². The number of rotatable bonds is 3. The highest BCUT2D eigenvalue weighted by Gasteiger charge is 2.30. The third kappa shape index (κ3) is 2.63. The molecule has 0 saturated heterocycles. The van der Waals surface area contributed by atoms with Gasteiger partial charge < -0.3 is 5.32 Å².